The number of nitrogens with one attached hydrogen (secondary N) is 1. The minimum absolute atomic E-state index is 0.0417. The number of hydrogen-bond acceptors (Lipinski definition) is 3. The number of fused-ring (bicyclic) bond motifs is 3. The zero-order valence-electron chi connectivity index (χ0n) is 17.4. The first-order valence-corrected chi connectivity index (χ1v) is 10.5. The molecule has 4 rings (SSSR count). The molecule has 0 heterocycles. The van der Waals surface area contributed by atoms with Crippen LogP contribution in [-0.2, 0) is 16.0 Å². The van der Waals surface area contributed by atoms with E-state index in [1.807, 2.05) is 48.5 Å². The van der Waals surface area contributed by atoms with E-state index in [9.17, 15) is 14.7 Å². The zero-order valence-corrected chi connectivity index (χ0v) is 17.4. The fourth-order valence-electron chi connectivity index (χ4n) is 4.19. The number of carbonyl (C=O) groups excluding carboxylic acids is 1. The maximum Gasteiger partial charge on any atom is 0.407 e. The summed E-state index contributed by atoms with van der Waals surface area (Å²) in [6, 6.07) is 23.2. The van der Waals surface area contributed by atoms with Crippen LogP contribution >= 0.6 is 0 Å². The minimum Gasteiger partial charge on any atom is -0.481 e. The molecule has 1 aliphatic carbocycles. The van der Waals surface area contributed by atoms with Gasteiger partial charge >= 0.3 is 12.1 Å². The van der Waals surface area contributed by atoms with Crippen molar-refractivity contribution in [3.8, 4) is 11.1 Å². The number of carboxylic acid groups (broad SMARTS) is 1. The van der Waals surface area contributed by atoms with Gasteiger partial charge in [-0.3, -0.25) is 4.79 Å². The Labute approximate surface area is 181 Å². The molecule has 0 unspecified atom stereocenters. The highest BCUT2D eigenvalue weighted by Crippen LogP contribution is 2.44. The molecule has 158 valence electrons. The van der Waals surface area contributed by atoms with Gasteiger partial charge in [0.25, 0.3) is 0 Å². The fraction of sp³-hybridized carbons (Fsp3) is 0.231. The van der Waals surface area contributed by atoms with Crippen LogP contribution in [0.15, 0.2) is 72.8 Å². The summed E-state index contributed by atoms with van der Waals surface area (Å²) >= 11 is 0. The van der Waals surface area contributed by atoms with E-state index in [0.717, 1.165) is 39.8 Å². The van der Waals surface area contributed by atoms with Crippen molar-refractivity contribution in [2.24, 2.45) is 0 Å². The van der Waals surface area contributed by atoms with Crippen LogP contribution in [0.4, 0.5) is 4.79 Å². The number of aliphatic carboxylic acids is 1. The lowest BCUT2D eigenvalue weighted by atomic mass is 9.98. The Kier molecular flexibility index (Phi) is 6.03. The Balaban J connectivity index is 1.47. The molecule has 0 bridgehead atoms. The lowest BCUT2D eigenvalue weighted by Gasteiger charge is -2.19. The van der Waals surface area contributed by atoms with E-state index in [1.165, 1.54) is 0 Å². The van der Waals surface area contributed by atoms with Gasteiger partial charge in [-0.25, -0.2) is 4.79 Å². The molecule has 2 N–H and O–H groups in total. The summed E-state index contributed by atoms with van der Waals surface area (Å²) < 4.78 is 5.58. The summed E-state index contributed by atoms with van der Waals surface area (Å²) in [4.78, 5) is 23.9. The quantitative estimate of drug-likeness (QED) is 0.549. The van der Waals surface area contributed by atoms with Crippen molar-refractivity contribution < 1.29 is 19.4 Å². The second-order valence-corrected chi connectivity index (χ2v) is 7.72. The summed E-state index contributed by atoms with van der Waals surface area (Å²) in [5, 5.41) is 12.0. The third-order valence-corrected chi connectivity index (χ3v) is 5.80. The molecule has 0 aliphatic heterocycles. The van der Waals surface area contributed by atoms with E-state index >= 15 is 0 Å². The highest BCUT2D eigenvalue weighted by Gasteiger charge is 2.29. The van der Waals surface area contributed by atoms with Crippen LogP contribution < -0.4 is 5.32 Å². The van der Waals surface area contributed by atoms with Gasteiger partial charge in [-0.2, -0.15) is 0 Å². The molecule has 0 fully saturated rings. The Morgan fingerprint density at radius 3 is 2.06 bits per heavy atom. The predicted molar refractivity (Wildman–Crippen MR) is 119 cm³/mol. The van der Waals surface area contributed by atoms with Gasteiger partial charge in [0.2, 0.25) is 0 Å². The van der Waals surface area contributed by atoms with Gasteiger partial charge in [0.1, 0.15) is 6.61 Å². The zero-order chi connectivity index (χ0) is 21.8. The summed E-state index contributed by atoms with van der Waals surface area (Å²) in [7, 11) is 0. The number of ether oxygens (including phenoxy) is 1. The first kappa shape index (κ1) is 20.7. The van der Waals surface area contributed by atoms with Crippen LogP contribution in [0.2, 0.25) is 0 Å². The number of aryl methyl sites for hydroxylation is 1. The number of carboxylic acids is 1. The Bertz CT molecular complexity index is 1050. The predicted octanol–water partition coefficient (Wildman–Crippen LogP) is 5.30. The average Bonchev–Trinajstić information content (AvgIpc) is 3.11. The highest BCUT2D eigenvalue weighted by molar-refractivity contribution is 5.79. The van der Waals surface area contributed by atoms with Gasteiger partial charge < -0.3 is 15.2 Å². The van der Waals surface area contributed by atoms with E-state index < -0.39 is 18.1 Å². The first-order chi connectivity index (χ1) is 15.1. The molecule has 0 spiro atoms. The smallest absolute Gasteiger partial charge is 0.407 e. The fourth-order valence-corrected chi connectivity index (χ4v) is 4.19. The standard InChI is InChI=1S/C26H25NO4/c1-2-17-11-13-18(14-12-17)24(15-25(28)29)27-26(30)31-16-23-21-9-5-3-7-19(21)20-8-4-6-10-22(20)23/h3-14,23-24H,2,15-16H2,1H3,(H,27,30)(H,28,29)/t24-/m0/s1. The third kappa shape index (κ3) is 4.45. The molecule has 0 saturated heterocycles. The Hall–Kier alpha value is -3.60. The van der Waals surface area contributed by atoms with E-state index in [4.69, 9.17) is 4.74 Å². The molecule has 1 atom stereocenters. The molecule has 5 heteroatoms. The van der Waals surface area contributed by atoms with Crippen molar-refractivity contribution in [2.75, 3.05) is 6.61 Å². The van der Waals surface area contributed by atoms with Crippen molar-refractivity contribution in [2.45, 2.75) is 31.7 Å². The van der Waals surface area contributed by atoms with Gasteiger partial charge in [-0.05, 0) is 39.8 Å². The van der Waals surface area contributed by atoms with Gasteiger partial charge in [-0.1, -0.05) is 79.7 Å². The largest absolute Gasteiger partial charge is 0.481 e. The average molecular weight is 415 g/mol. The Morgan fingerprint density at radius 2 is 1.52 bits per heavy atom. The summed E-state index contributed by atoms with van der Waals surface area (Å²) in [5.41, 5.74) is 6.48. The van der Waals surface area contributed by atoms with Gasteiger partial charge in [0.05, 0.1) is 12.5 Å². The molecule has 0 radical (unpaired) electrons. The van der Waals surface area contributed by atoms with Gasteiger partial charge in [-0.15, -0.1) is 0 Å². The van der Waals surface area contributed by atoms with Gasteiger partial charge in [0, 0.05) is 5.92 Å². The summed E-state index contributed by atoms with van der Waals surface area (Å²) in [5.74, 6) is -1.02. The molecule has 0 saturated carbocycles. The normalized spacial score (nSPS) is 13.2. The molecule has 1 aliphatic rings. The first-order valence-electron chi connectivity index (χ1n) is 10.5. The molecular formula is C26H25NO4. The topological polar surface area (TPSA) is 75.6 Å². The number of carbonyl (C=O) groups is 2. The SMILES string of the molecule is CCc1ccc([C@H](CC(=O)O)NC(=O)OCC2c3ccccc3-c3ccccc32)cc1. The van der Waals surface area contributed by atoms with Crippen molar-refractivity contribution in [1.29, 1.82) is 0 Å². The van der Waals surface area contributed by atoms with Crippen LogP contribution in [0.25, 0.3) is 11.1 Å². The Morgan fingerprint density at radius 1 is 0.935 bits per heavy atom. The molecule has 3 aromatic rings. The van der Waals surface area contributed by atoms with E-state index in [2.05, 4.69) is 36.5 Å². The molecule has 0 aromatic heterocycles. The van der Waals surface area contributed by atoms with Crippen LogP contribution in [0.3, 0.4) is 0 Å². The molecular weight excluding hydrogens is 390 g/mol. The highest BCUT2D eigenvalue weighted by atomic mass is 16.5. The van der Waals surface area contributed by atoms with E-state index in [0.29, 0.717) is 0 Å². The maximum atomic E-state index is 12.6. The van der Waals surface area contributed by atoms with Crippen LogP contribution in [0.1, 0.15) is 47.6 Å². The van der Waals surface area contributed by atoms with Crippen LogP contribution in [0, 0.1) is 0 Å². The van der Waals surface area contributed by atoms with Crippen molar-refractivity contribution in [1.82, 2.24) is 5.32 Å². The number of rotatable bonds is 7. The van der Waals surface area contributed by atoms with Crippen molar-refractivity contribution in [3.63, 3.8) is 0 Å². The molecule has 3 aromatic carbocycles. The molecule has 1 amide bonds. The lowest BCUT2D eigenvalue weighted by Crippen LogP contribution is -2.31. The number of amides is 1. The van der Waals surface area contributed by atoms with Crippen molar-refractivity contribution >= 4 is 12.1 Å². The second-order valence-electron chi connectivity index (χ2n) is 7.72. The molecule has 5 nitrogen and oxygen atoms in total. The number of benzene rings is 3. The molecule has 31 heavy (non-hydrogen) atoms. The van der Waals surface area contributed by atoms with E-state index in [1.54, 1.807) is 0 Å². The second kappa shape index (κ2) is 9.04. The number of hydrogen-bond donors (Lipinski definition) is 2. The van der Waals surface area contributed by atoms with Gasteiger partial charge in [0.15, 0.2) is 0 Å². The lowest BCUT2D eigenvalue weighted by molar-refractivity contribution is -0.137. The number of alkyl carbamates (subject to hydrolysis) is 1. The summed E-state index contributed by atoms with van der Waals surface area (Å²) in [6.45, 7) is 2.24. The third-order valence-electron chi connectivity index (χ3n) is 5.80. The summed E-state index contributed by atoms with van der Waals surface area (Å²) in [6.07, 6.45) is 0.0620. The van der Waals surface area contributed by atoms with Crippen LogP contribution in [0.5, 0.6) is 0 Å². The monoisotopic (exact) mass is 415 g/mol. The van der Waals surface area contributed by atoms with E-state index in [-0.39, 0.29) is 18.9 Å². The van der Waals surface area contributed by atoms with Crippen molar-refractivity contribution in [3.05, 3.63) is 95.1 Å². The minimum atomic E-state index is -0.983. The van der Waals surface area contributed by atoms with Crippen LogP contribution in [-0.4, -0.2) is 23.8 Å². The maximum absolute atomic E-state index is 12.6.